The molecule has 0 radical (unpaired) electrons. The number of nitrogens with zero attached hydrogens (tertiary/aromatic N) is 3. The Labute approximate surface area is 299 Å². The highest BCUT2D eigenvalue weighted by Gasteiger charge is 2.55. The monoisotopic (exact) mass is 682 g/mol. The lowest BCUT2D eigenvalue weighted by Crippen LogP contribution is -2.51. The van der Waals surface area contributed by atoms with E-state index in [1.54, 1.807) is 0 Å². The number of aromatic nitrogens is 2. The number of benzene rings is 3. The van der Waals surface area contributed by atoms with Crippen LogP contribution in [0, 0.1) is 17.3 Å². The van der Waals surface area contributed by atoms with Gasteiger partial charge in [0.25, 0.3) is 0 Å². The van der Waals surface area contributed by atoms with Gasteiger partial charge < -0.3 is 25.3 Å². The summed E-state index contributed by atoms with van der Waals surface area (Å²) < 4.78 is 4.82. The van der Waals surface area contributed by atoms with Gasteiger partial charge in [-0.1, -0.05) is 62.4 Å². The van der Waals surface area contributed by atoms with Crippen LogP contribution >= 0.6 is 0 Å². The zero-order valence-corrected chi connectivity index (χ0v) is 29.6. The van der Waals surface area contributed by atoms with Crippen LogP contribution in [0.2, 0.25) is 0 Å². The number of hydrogen-bond acceptors (Lipinski definition) is 6. The second-order valence-corrected chi connectivity index (χ2v) is 15.9. The summed E-state index contributed by atoms with van der Waals surface area (Å²) in [5, 5.41) is 8.89. The van der Waals surface area contributed by atoms with Crippen molar-refractivity contribution in [2.45, 2.75) is 83.0 Å². The second kappa shape index (κ2) is 12.5. The maximum absolute atomic E-state index is 13.8. The molecule has 2 aliphatic carbocycles. The maximum Gasteiger partial charge on any atom is 0.407 e. The lowest BCUT2D eigenvalue weighted by atomic mass is 9.91. The van der Waals surface area contributed by atoms with E-state index in [0.29, 0.717) is 18.6 Å². The van der Waals surface area contributed by atoms with Gasteiger partial charge in [-0.25, -0.2) is 9.78 Å². The highest BCUT2D eigenvalue weighted by Crippen LogP contribution is 2.58. The number of ether oxygens (including phenoxy) is 1. The molecule has 51 heavy (non-hydrogen) atoms. The number of methoxy groups -OCH3 is 1. The average molecular weight is 683 g/mol. The van der Waals surface area contributed by atoms with Gasteiger partial charge in [0, 0.05) is 42.5 Å². The molecule has 2 saturated heterocycles. The number of rotatable bonds is 8. The fraction of sp³-hybridized carbons (Fsp3) is 0.429. The Morgan fingerprint density at radius 2 is 1.69 bits per heavy atom. The van der Waals surface area contributed by atoms with Crippen molar-refractivity contribution in [1.82, 2.24) is 25.5 Å². The third-order valence-electron chi connectivity index (χ3n) is 12.3. The summed E-state index contributed by atoms with van der Waals surface area (Å²) in [6, 6.07) is 22.4. The zero-order valence-electron chi connectivity index (χ0n) is 29.6. The number of carbonyl (C=O) groups is 2. The van der Waals surface area contributed by atoms with E-state index >= 15 is 0 Å². The van der Waals surface area contributed by atoms with Gasteiger partial charge in [0.1, 0.15) is 11.9 Å². The van der Waals surface area contributed by atoms with Crippen molar-refractivity contribution in [1.29, 1.82) is 0 Å². The molecule has 9 heteroatoms. The Balaban J connectivity index is 0.893. The molecule has 1 spiro atoms. The van der Waals surface area contributed by atoms with E-state index in [0.717, 1.165) is 54.1 Å². The quantitative estimate of drug-likeness (QED) is 0.177. The van der Waals surface area contributed by atoms with Crippen LogP contribution in [0.15, 0.2) is 78.1 Å². The van der Waals surface area contributed by atoms with Gasteiger partial charge in [-0.15, -0.1) is 0 Å². The first-order chi connectivity index (χ1) is 24.8. The summed E-state index contributed by atoms with van der Waals surface area (Å²) in [4.78, 5) is 41.1. The summed E-state index contributed by atoms with van der Waals surface area (Å²) in [5.41, 5.74) is 8.39. The molecule has 9 rings (SSSR count). The molecule has 4 heterocycles. The Kier molecular flexibility index (Phi) is 7.87. The Bertz CT molecular complexity index is 2080. The molecule has 3 N–H and O–H groups in total. The predicted molar refractivity (Wildman–Crippen MR) is 200 cm³/mol. The van der Waals surface area contributed by atoms with E-state index in [-0.39, 0.29) is 23.3 Å². The average Bonchev–Trinajstić information content (AvgIpc) is 3.79. The number of carbonyl (C=O) groups excluding carboxylic acids is 2. The number of allylic oxidation sites excluding steroid dienone is 1. The van der Waals surface area contributed by atoms with Crippen molar-refractivity contribution in [3.63, 3.8) is 0 Å². The number of fused-ring (bicyclic) bond motifs is 3. The predicted octanol–water partition coefficient (Wildman–Crippen LogP) is 7.66. The molecule has 9 nitrogen and oxygen atoms in total. The van der Waals surface area contributed by atoms with Gasteiger partial charge >= 0.3 is 6.09 Å². The van der Waals surface area contributed by atoms with Crippen molar-refractivity contribution < 1.29 is 14.3 Å². The van der Waals surface area contributed by atoms with Crippen molar-refractivity contribution in [3.05, 3.63) is 84.4 Å². The van der Waals surface area contributed by atoms with Crippen LogP contribution in [-0.2, 0) is 9.53 Å². The van der Waals surface area contributed by atoms with Gasteiger partial charge in [-0.3, -0.25) is 9.79 Å². The van der Waals surface area contributed by atoms with E-state index < -0.39 is 12.1 Å². The summed E-state index contributed by atoms with van der Waals surface area (Å²) >= 11 is 0. The number of imidazole rings is 1. The minimum Gasteiger partial charge on any atom is -0.453 e. The molecule has 262 valence electrons. The van der Waals surface area contributed by atoms with E-state index in [1.807, 2.05) is 24.9 Å². The molecule has 4 fully saturated rings. The summed E-state index contributed by atoms with van der Waals surface area (Å²) in [5.74, 6) is 1.40. The van der Waals surface area contributed by atoms with Crippen LogP contribution in [0.3, 0.4) is 0 Å². The van der Waals surface area contributed by atoms with Crippen LogP contribution in [0.25, 0.3) is 38.7 Å². The van der Waals surface area contributed by atoms with Crippen LogP contribution in [-0.4, -0.2) is 64.4 Å². The van der Waals surface area contributed by atoms with Crippen LogP contribution in [0.1, 0.15) is 76.2 Å². The molecule has 3 aromatic carbocycles. The third kappa shape index (κ3) is 5.95. The molecular formula is C42H46N6O3. The van der Waals surface area contributed by atoms with E-state index in [9.17, 15) is 9.59 Å². The Morgan fingerprint density at radius 3 is 2.37 bits per heavy atom. The van der Waals surface area contributed by atoms with Gasteiger partial charge in [0.2, 0.25) is 5.91 Å². The first-order valence-corrected chi connectivity index (χ1v) is 18.6. The first-order valence-electron chi connectivity index (χ1n) is 18.6. The number of H-pyrrole nitrogens is 1. The lowest BCUT2D eigenvalue weighted by molar-refractivity contribution is -0.135. The number of nitrogens with one attached hydrogen (secondary N) is 3. The van der Waals surface area contributed by atoms with E-state index in [1.165, 1.54) is 59.7 Å². The standard InChI is InChI=1S/C42H46N6O3/c1-24(2)37(47-41(50)51-3)40(49)48-23-42(14-15-42)20-36(48)39-44-22-35(46-39)30-11-10-28-16-27(8-9-29(28)17-30)25-4-6-26(7-5-25)32-19-34(43-21-32)38-31-12-13-33(18-31)45-38/h4-11,16-17,21-22,24,31,33,36-38,45H,12-15,18-20,23H2,1-3H3,(H,44,46)(H,47,50)/t31-,33+,36-,37-,38-/m0/s1. The highest BCUT2D eigenvalue weighted by molar-refractivity contribution is 6.02. The Morgan fingerprint density at radius 1 is 0.961 bits per heavy atom. The molecule has 2 amide bonds. The smallest absolute Gasteiger partial charge is 0.407 e. The maximum atomic E-state index is 13.8. The minimum absolute atomic E-state index is 0.0788. The fourth-order valence-corrected chi connectivity index (χ4v) is 9.11. The van der Waals surface area contributed by atoms with E-state index in [2.05, 4.69) is 82.5 Å². The SMILES string of the molecule is COC(=O)N[C@H](C(=O)N1CC2(CC2)C[C@H]1c1ncc(-c2ccc3cc(-c4ccc(C5=CN=C([C@H]6N[C@@H]7CC[C@H]6C7)C5)cc4)ccc3c2)[nH]1)C(C)C. The normalized spacial score (nSPS) is 25.1. The molecule has 2 bridgehead atoms. The summed E-state index contributed by atoms with van der Waals surface area (Å²) in [6.45, 7) is 4.57. The molecule has 0 unspecified atom stereocenters. The van der Waals surface area contributed by atoms with Gasteiger partial charge in [-0.2, -0.15) is 0 Å². The number of likely N-dealkylation sites (tertiary alicyclic amines) is 1. The number of amides is 2. The number of alkyl carbamates (subject to hydrolysis) is 1. The molecule has 4 aromatic rings. The zero-order chi connectivity index (χ0) is 34.9. The van der Waals surface area contributed by atoms with Gasteiger partial charge in [0.15, 0.2) is 0 Å². The van der Waals surface area contributed by atoms with Crippen LogP contribution in [0.4, 0.5) is 4.79 Å². The lowest BCUT2D eigenvalue weighted by Gasteiger charge is -2.30. The van der Waals surface area contributed by atoms with Gasteiger partial charge in [-0.05, 0) is 101 Å². The van der Waals surface area contributed by atoms with Crippen molar-refractivity contribution >= 4 is 34.1 Å². The fourth-order valence-electron chi connectivity index (χ4n) is 9.11. The largest absolute Gasteiger partial charge is 0.453 e. The molecule has 3 aliphatic heterocycles. The van der Waals surface area contributed by atoms with E-state index in [4.69, 9.17) is 14.7 Å². The van der Waals surface area contributed by atoms with Gasteiger partial charge in [0.05, 0.1) is 25.0 Å². The van der Waals surface area contributed by atoms with Crippen LogP contribution in [0.5, 0.6) is 0 Å². The number of hydrogen-bond donors (Lipinski definition) is 3. The topological polar surface area (TPSA) is 112 Å². The number of aromatic amines is 1. The third-order valence-corrected chi connectivity index (χ3v) is 12.3. The van der Waals surface area contributed by atoms with Crippen molar-refractivity contribution in [2.75, 3.05) is 13.7 Å². The first kappa shape index (κ1) is 32.2. The van der Waals surface area contributed by atoms with Crippen molar-refractivity contribution in [3.8, 4) is 22.4 Å². The molecule has 2 saturated carbocycles. The van der Waals surface area contributed by atoms with Crippen LogP contribution < -0.4 is 10.6 Å². The summed E-state index contributed by atoms with van der Waals surface area (Å²) in [6.07, 6.45) is 11.4. The highest BCUT2D eigenvalue weighted by atomic mass is 16.5. The van der Waals surface area contributed by atoms with Crippen molar-refractivity contribution in [2.24, 2.45) is 22.2 Å². The molecule has 1 aromatic heterocycles. The second-order valence-electron chi connectivity index (χ2n) is 15.9. The molecule has 5 aliphatic rings. The number of aliphatic imine (C=N–C) groups is 1. The number of piperidine rings is 1. The summed E-state index contributed by atoms with van der Waals surface area (Å²) in [7, 11) is 1.32. The molecular weight excluding hydrogens is 637 g/mol. The molecule has 5 atom stereocenters. The Hall–Kier alpha value is -4.76. The minimum atomic E-state index is -0.659.